The summed E-state index contributed by atoms with van der Waals surface area (Å²) in [6, 6.07) is 6.79. The third kappa shape index (κ3) is 3.01. The highest BCUT2D eigenvalue weighted by molar-refractivity contribution is 7.98. The van der Waals surface area contributed by atoms with Gasteiger partial charge in [0.2, 0.25) is 5.88 Å². The zero-order chi connectivity index (χ0) is 12.3. The largest absolute Gasteiger partial charge is 0.437 e. The first-order chi connectivity index (χ1) is 8.19. The lowest BCUT2D eigenvalue weighted by atomic mass is 10.3. The summed E-state index contributed by atoms with van der Waals surface area (Å²) < 4.78 is 5.56. The minimum atomic E-state index is 0.442. The maximum atomic E-state index is 5.99. The Labute approximate surface area is 108 Å². The summed E-state index contributed by atoms with van der Waals surface area (Å²) in [5, 5.41) is 1.32. The second-order valence-corrected chi connectivity index (χ2v) is 4.42. The van der Waals surface area contributed by atoms with Crippen LogP contribution in [-0.2, 0) is 0 Å². The molecule has 0 spiro atoms. The van der Waals surface area contributed by atoms with Gasteiger partial charge in [-0.2, -0.15) is 0 Å². The third-order valence-electron chi connectivity index (χ3n) is 2.00. The standard InChI is InChI=1S/C11H10ClN3OS/c1-17-11-5-10(14-6-15-11)16-9-4-7(13)2-3-8(9)12/h2-6H,13H2,1H3. The number of thioether (sulfide) groups is 1. The van der Waals surface area contributed by atoms with Gasteiger partial charge in [0.25, 0.3) is 0 Å². The van der Waals surface area contributed by atoms with Crippen molar-refractivity contribution in [3.8, 4) is 11.6 Å². The van der Waals surface area contributed by atoms with Gasteiger partial charge in [-0.3, -0.25) is 0 Å². The van der Waals surface area contributed by atoms with E-state index in [1.54, 1.807) is 24.3 Å². The van der Waals surface area contributed by atoms with Crippen molar-refractivity contribution in [2.75, 3.05) is 12.0 Å². The number of hydrogen-bond acceptors (Lipinski definition) is 5. The molecule has 6 heteroatoms. The Morgan fingerprint density at radius 3 is 2.88 bits per heavy atom. The maximum Gasteiger partial charge on any atom is 0.223 e. The Kier molecular flexibility index (Phi) is 3.71. The number of hydrogen-bond donors (Lipinski definition) is 1. The summed E-state index contributed by atoms with van der Waals surface area (Å²) in [7, 11) is 0. The smallest absolute Gasteiger partial charge is 0.223 e. The first-order valence-corrected chi connectivity index (χ1v) is 6.38. The van der Waals surface area contributed by atoms with E-state index in [2.05, 4.69) is 9.97 Å². The van der Waals surface area contributed by atoms with Gasteiger partial charge in [-0.25, -0.2) is 9.97 Å². The van der Waals surface area contributed by atoms with Crippen LogP contribution in [0.5, 0.6) is 11.6 Å². The number of anilines is 1. The summed E-state index contributed by atoms with van der Waals surface area (Å²) in [5.41, 5.74) is 6.25. The Balaban J connectivity index is 2.27. The zero-order valence-corrected chi connectivity index (χ0v) is 10.6. The topological polar surface area (TPSA) is 61.0 Å². The van der Waals surface area contributed by atoms with Gasteiger partial charge in [0, 0.05) is 17.8 Å². The molecular weight excluding hydrogens is 258 g/mol. The Hall–Kier alpha value is -1.46. The second-order valence-electron chi connectivity index (χ2n) is 3.19. The van der Waals surface area contributed by atoms with Crippen molar-refractivity contribution >= 4 is 29.1 Å². The monoisotopic (exact) mass is 267 g/mol. The van der Waals surface area contributed by atoms with Crippen molar-refractivity contribution in [2.24, 2.45) is 0 Å². The van der Waals surface area contributed by atoms with E-state index in [1.165, 1.54) is 18.1 Å². The lowest BCUT2D eigenvalue weighted by Gasteiger charge is -2.07. The van der Waals surface area contributed by atoms with Crippen LogP contribution in [-0.4, -0.2) is 16.2 Å². The molecule has 0 aliphatic carbocycles. The molecule has 0 fully saturated rings. The van der Waals surface area contributed by atoms with E-state index in [0.717, 1.165) is 5.03 Å². The van der Waals surface area contributed by atoms with E-state index in [-0.39, 0.29) is 0 Å². The highest BCUT2D eigenvalue weighted by Crippen LogP contribution is 2.30. The van der Waals surface area contributed by atoms with Gasteiger partial charge in [0.05, 0.1) is 5.02 Å². The van der Waals surface area contributed by atoms with Crippen molar-refractivity contribution in [1.29, 1.82) is 0 Å². The lowest BCUT2D eigenvalue weighted by Crippen LogP contribution is -1.92. The minimum Gasteiger partial charge on any atom is -0.437 e. The van der Waals surface area contributed by atoms with Gasteiger partial charge in [-0.05, 0) is 18.4 Å². The number of nitrogens with zero attached hydrogens (tertiary/aromatic N) is 2. The van der Waals surface area contributed by atoms with E-state index in [9.17, 15) is 0 Å². The molecule has 0 atom stereocenters. The number of benzene rings is 1. The SMILES string of the molecule is CSc1cc(Oc2cc(N)ccc2Cl)ncn1. The van der Waals surface area contributed by atoms with Crippen molar-refractivity contribution in [1.82, 2.24) is 9.97 Å². The minimum absolute atomic E-state index is 0.442. The average molecular weight is 268 g/mol. The fourth-order valence-electron chi connectivity index (χ4n) is 1.20. The predicted molar refractivity (Wildman–Crippen MR) is 69.8 cm³/mol. The molecule has 1 aromatic heterocycles. The van der Waals surface area contributed by atoms with Crippen LogP contribution in [0.15, 0.2) is 35.6 Å². The molecule has 0 aliphatic heterocycles. The summed E-state index contributed by atoms with van der Waals surface area (Å²) >= 11 is 7.50. The molecule has 0 saturated carbocycles. The molecule has 0 aliphatic rings. The van der Waals surface area contributed by atoms with Crippen LogP contribution in [0.1, 0.15) is 0 Å². The normalized spacial score (nSPS) is 10.2. The van der Waals surface area contributed by atoms with Crippen LogP contribution in [0.25, 0.3) is 0 Å². The van der Waals surface area contributed by atoms with E-state index in [4.69, 9.17) is 22.1 Å². The molecule has 4 nitrogen and oxygen atoms in total. The van der Waals surface area contributed by atoms with Gasteiger partial charge in [-0.15, -0.1) is 11.8 Å². The summed E-state index contributed by atoms with van der Waals surface area (Å²) in [6.45, 7) is 0. The number of halogens is 1. The van der Waals surface area contributed by atoms with Crippen molar-refractivity contribution in [2.45, 2.75) is 5.03 Å². The van der Waals surface area contributed by atoms with Crippen molar-refractivity contribution in [3.05, 3.63) is 35.6 Å². The van der Waals surface area contributed by atoms with E-state index in [1.807, 2.05) is 6.26 Å². The highest BCUT2D eigenvalue weighted by atomic mass is 35.5. The second kappa shape index (κ2) is 5.25. The van der Waals surface area contributed by atoms with Crippen LogP contribution < -0.4 is 10.5 Å². The molecule has 0 unspecified atom stereocenters. The van der Waals surface area contributed by atoms with E-state index in [0.29, 0.717) is 22.3 Å². The molecule has 0 radical (unpaired) electrons. The molecule has 2 N–H and O–H groups in total. The Morgan fingerprint density at radius 2 is 2.12 bits per heavy atom. The van der Waals surface area contributed by atoms with E-state index < -0.39 is 0 Å². The first-order valence-electron chi connectivity index (χ1n) is 4.78. The number of aromatic nitrogens is 2. The van der Waals surface area contributed by atoms with Gasteiger partial charge in [0.1, 0.15) is 17.1 Å². The van der Waals surface area contributed by atoms with Crippen LogP contribution in [0.2, 0.25) is 5.02 Å². The van der Waals surface area contributed by atoms with E-state index >= 15 is 0 Å². The van der Waals surface area contributed by atoms with Gasteiger partial charge < -0.3 is 10.5 Å². The number of rotatable bonds is 3. The third-order valence-corrected chi connectivity index (χ3v) is 2.95. The summed E-state index contributed by atoms with van der Waals surface area (Å²) in [4.78, 5) is 8.06. The van der Waals surface area contributed by atoms with Crippen LogP contribution >= 0.6 is 23.4 Å². The fourth-order valence-corrected chi connectivity index (χ4v) is 1.73. The molecule has 88 valence electrons. The average Bonchev–Trinajstić information content (AvgIpc) is 2.34. The van der Waals surface area contributed by atoms with Crippen molar-refractivity contribution < 1.29 is 4.74 Å². The molecule has 0 amide bonds. The number of ether oxygens (including phenoxy) is 1. The molecule has 0 saturated heterocycles. The maximum absolute atomic E-state index is 5.99. The zero-order valence-electron chi connectivity index (χ0n) is 9.05. The molecule has 2 aromatic rings. The molecule has 1 heterocycles. The van der Waals surface area contributed by atoms with Gasteiger partial charge >= 0.3 is 0 Å². The molecule has 1 aromatic carbocycles. The Morgan fingerprint density at radius 1 is 1.29 bits per heavy atom. The van der Waals surface area contributed by atoms with Crippen LogP contribution in [0.4, 0.5) is 5.69 Å². The lowest BCUT2D eigenvalue weighted by molar-refractivity contribution is 0.459. The Bertz CT molecular complexity index is 536. The fraction of sp³-hybridized carbons (Fsp3) is 0.0909. The molecule has 0 bridgehead atoms. The highest BCUT2D eigenvalue weighted by Gasteiger charge is 2.05. The van der Waals surface area contributed by atoms with Gasteiger partial charge in [0.15, 0.2) is 0 Å². The number of nitrogen functional groups attached to an aromatic ring is 1. The summed E-state index contributed by atoms with van der Waals surface area (Å²) in [5.74, 6) is 0.925. The van der Waals surface area contributed by atoms with Crippen molar-refractivity contribution in [3.63, 3.8) is 0 Å². The van der Waals surface area contributed by atoms with Crippen LogP contribution in [0.3, 0.4) is 0 Å². The molecular formula is C11H10ClN3OS. The summed E-state index contributed by atoms with van der Waals surface area (Å²) in [6.07, 6.45) is 3.38. The molecule has 17 heavy (non-hydrogen) atoms. The number of nitrogens with two attached hydrogens (primary N) is 1. The first kappa shape index (κ1) is 12.0. The molecule has 2 rings (SSSR count). The quantitative estimate of drug-likeness (QED) is 0.526. The predicted octanol–water partition coefficient (Wildman–Crippen LogP) is 3.23. The van der Waals surface area contributed by atoms with Crippen LogP contribution in [0, 0.1) is 0 Å². The van der Waals surface area contributed by atoms with Gasteiger partial charge in [-0.1, -0.05) is 11.6 Å².